The van der Waals surface area contributed by atoms with Crippen molar-refractivity contribution in [3.8, 4) is 0 Å². The van der Waals surface area contributed by atoms with E-state index in [0.29, 0.717) is 80.2 Å². The third-order valence-electron chi connectivity index (χ3n) is 21.3. The molecule has 0 amide bonds. The molecule has 0 aliphatic heterocycles. The van der Waals surface area contributed by atoms with Gasteiger partial charge in [-0.1, -0.05) is 118 Å². The van der Waals surface area contributed by atoms with Crippen LogP contribution in [0.2, 0.25) is 0 Å². The Morgan fingerprint density at radius 2 is 0.554 bits per heavy atom. The molecular weight excluding hydrogens is 2090 g/mol. The highest BCUT2D eigenvalue weighted by molar-refractivity contribution is 7.60. The minimum absolute atomic E-state index is 0.00694. The number of ether oxygens (including phenoxy) is 13. The highest BCUT2D eigenvalue weighted by Gasteiger charge is 2.40. The first-order valence-corrected chi connectivity index (χ1v) is 70.5. The van der Waals surface area contributed by atoms with Gasteiger partial charge in [0.25, 0.3) is 0 Å². The molecule has 5 aliphatic carbocycles. The van der Waals surface area contributed by atoms with E-state index in [1.807, 2.05) is 206 Å². The Morgan fingerprint density at radius 1 is 0.297 bits per heavy atom. The zero-order chi connectivity index (χ0) is 114. The van der Waals surface area contributed by atoms with Crippen molar-refractivity contribution in [2.24, 2.45) is 29.6 Å². The summed E-state index contributed by atoms with van der Waals surface area (Å²) in [6.45, 7) is 63.0. The van der Waals surface area contributed by atoms with Gasteiger partial charge in [0.05, 0.1) is 96.3 Å². The van der Waals surface area contributed by atoms with Gasteiger partial charge in [-0.2, -0.15) is 0 Å². The molecule has 876 valence electrons. The molecule has 35 nitrogen and oxygen atoms in total. The lowest BCUT2D eigenvalue weighted by atomic mass is 9.87. The predicted octanol–water partition coefficient (Wildman–Crippen LogP) is 30.3. The highest BCUT2D eigenvalue weighted by Crippen LogP contribution is 2.57. The number of hydrogen-bond acceptors (Lipinski definition) is 29. The SMILES string of the molecule is CC(C)(C)OCP(=O)(O)CC1CCC1.CC(C)(C)OCP(=O)(O)CC1CCCC1.CC(C)OC(=O)OC(C)(C)OP(=O)(O)COC(C)(C)C.CC(C)OC(=O)OC(C)OP(=O)(O)COC(C)(C)C.CC(C)OCP(=O)(O)Cc1ccccc1.CC(C)OCP(=O)(O)Cc1ccccc1.CCOP(=O)(COC(C)(C)C)CC1CCC1.CCOP(=O)(COC(C)(C)C)CC1CCCC1.CCOP(=O)(COC(C)C)CC1CCCCC1. The summed E-state index contributed by atoms with van der Waals surface area (Å²) in [5, 5.41) is 0. The van der Waals surface area contributed by atoms with E-state index in [1.54, 1.807) is 69.2 Å². The molecule has 5 fully saturated rings. The van der Waals surface area contributed by atoms with E-state index in [-0.39, 0.29) is 110 Å². The summed E-state index contributed by atoms with van der Waals surface area (Å²) in [5.74, 6) is 1.07. The smallest absolute Gasteiger partial charge is 0.432 e. The molecule has 5 aliphatic rings. The molecule has 0 bridgehead atoms. The molecule has 0 aromatic heterocycles. The van der Waals surface area contributed by atoms with Crippen LogP contribution in [0.1, 0.15) is 369 Å². The quantitative estimate of drug-likeness (QED) is 0.0203. The Hall–Kier alpha value is -1.75. The lowest BCUT2D eigenvalue weighted by Crippen LogP contribution is -2.32. The standard InChI is InChI=1S/2C13H27O3P.C12H25O7P.C12H25O3P.C11H23O7P.C11H23O3P.2C11H17O3P.C10H21O3P/c1-5-16-17(14,11-15-13(2,3)4)10-12-8-6-7-9-12;1-4-16-17(14,11-15-12(2)3)10-13-8-6-5-7-9-13;1-9(2)17-10(13)18-12(6,7)19-20(14,15)8-16-11(3,4)5;1-5-15-16(13,9-11-7-6-8-11)10-14-12(2,3)4;1-8(2)16-10(12)17-9(3)18-19(13,14)7-15-11(4,5)6;1-11(2,3)14-9-15(12,13)8-10-6-4-5-7-10;2*1-10(2)14-9-15(12,13)8-11-6-4-3-5-7-11;1-10(2,3)13-8-14(11,12)7-9-5-4-6-9/h12H,5-11H2,1-4H3;12-13H,4-11H2,1-3H3;9H,8H2,1-7H3,(H,14,15);11H,5-10H2,1-4H3;8-9H,7H2,1-6H3,(H,13,14);10H,4-9H2,1-3H3,(H,12,13);2*3-7,10H,8-9H2,1-2H3,(H,12,13);9H,4-8H2,1-3H3,(H,11,12). The number of rotatable bonds is 49. The maximum absolute atomic E-state index is 12.7. The van der Waals surface area contributed by atoms with Crippen molar-refractivity contribution in [3.63, 3.8) is 0 Å². The number of benzene rings is 2. The molecule has 6 N–H and O–H groups in total. The van der Waals surface area contributed by atoms with Crippen molar-refractivity contribution in [2.75, 3.05) is 108 Å². The van der Waals surface area contributed by atoms with Gasteiger partial charge >= 0.3 is 27.5 Å². The Balaban J connectivity index is 0. The van der Waals surface area contributed by atoms with Crippen LogP contribution in [0.3, 0.4) is 0 Å². The van der Waals surface area contributed by atoms with Crippen LogP contribution < -0.4 is 0 Å². The van der Waals surface area contributed by atoms with E-state index in [4.69, 9.17) is 79.5 Å². The molecule has 44 heteroatoms. The van der Waals surface area contributed by atoms with Crippen molar-refractivity contribution in [2.45, 2.75) is 446 Å². The van der Waals surface area contributed by atoms with Crippen molar-refractivity contribution in [1.82, 2.24) is 0 Å². The molecule has 0 radical (unpaired) electrons. The van der Waals surface area contributed by atoms with Crippen LogP contribution in [0.25, 0.3) is 0 Å². The fraction of sp³-hybridized carbons (Fsp3) is 0.865. The Labute approximate surface area is 893 Å². The Bertz CT molecular complexity index is 4250. The van der Waals surface area contributed by atoms with Crippen molar-refractivity contribution >= 4 is 79.1 Å². The topological polar surface area (TPSA) is 475 Å². The molecule has 10 atom stereocenters. The van der Waals surface area contributed by atoms with E-state index in [1.165, 1.54) is 117 Å². The van der Waals surface area contributed by atoms with Crippen LogP contribution in [-0.2, 0) is 138 Å². The van der Waals surface area contributed by atoms with E-state index < -0.39 is 115 Å². The normalized spacial score (nSPS) is 19.2. The third kappa shape index (κ3) is 88.1. The van der Waals surface area contributed by atoms with Gasteiger partial charge in [-0.25, -0.2) is 9.59 Å². The fourth-order valence-electron chi connectivity index (χ4n) is 14.1. The maximum Gasteiger partial charge on any atom is 0.511 e. The average Bonchev–Trinajstić information content (AvgIpc) is 1.12. The number of carbonyl (C=O) groups is 2. The first-order valence-electron chi connectivity index (χ1n) is 52.9. The van der Waals surface area contributed by atoms with Gasteiger partial charge in [0.15, 0.2) is 0 Å². The third-order valence-corrected chi connectivity index (χ3v) is 36.6. The van der Waals surface area contributed by atoms with Crippen molar-refractivity contribution < 1.29 is 164 Å². The summed E-state index contributed by atoms with van der Waals surface area (Å²) >= 11 is 0. The van der Waals surface area contributed by atoms with E-state index in [2.05, 4.69) is 4.74 Å². The second-order valence-electron chi connectivity index (χ2n) is 46.5. The molecule has 10 unspecified atom stereocenters. The van der Waals surface area contributed by atoms with Gasteiger partial charge in [0.2, 0.25) is 63.7 Å². The number of carbonyl (C=O) groups excluding carboxylic acids is 2. The molecule has 2 aromatic rings. The lowest BCUT2D eigenvalue weighted by Gasteiger charge is -2.31. The summed E-state index contributed by atoms with van der Waals surface area (Å²) in [5.41, 5.74) is -0.543. The largest absolute Gasteiger partial charge is 0.511 e. The van der Waals surface area contributed by atoms with Gasteiger partial charge in [0, 0.05) is 44.7 Å². The summed E-state index contributed by atoms with van der Waals surface area (Å²) in [7, 11) is -28.2. The van der Waals surface area contributed by atoms with E-state index in [9.17, 15) is 80.0 Å². The first kappa shape index (κ1) is 148. The van der Waals surface area contributed by atoms with Crippen molar-refractivity contribution in [1.29, 1.82) is 0 Å². The van der Waals surface area contributed by atoms with Gasteiger partial charge in [-0.3, -0.25) is 50.1 Å². The van der Waals surface area contributed by atoms with Crippen LogP contribution in [0, 0.1) is 29.6 Å². The first-order chi connectivity index (χ1) is 67.4. The fourth-order valence-corrected chi connectivity index (χ4v) is 30.5. The minimum Gasteiger partial charge on any atom is -0.432 e. The number of hydrogen-bond donors (Lipinski definition) is 6. The summed E-state index contributed by atoms with van der Waals surface area (Å²) < 4.78 is 202. The zero-order valence-corrected chi connectivity index (χ0v) is 105. The van der Waals surface area contributed by atoms with Gasteiger partial charge in [-0.05, 0) is 326 Å². The molecule has 148 heavy (non-hydrogen) atoms. The molecule has 7 rings (SSSR count). The van der Waals surface area contributed by atoms with Gasteiger partial charge < -0.3 is 105 Å². The van der Waals surface area contributed by atoms with Crippen molar-refractivity contribution in [3.05, 3.63) is 71.8 Å². The monoisotopic (exact) mass is 2290 g/mol. The summed E-state index contributed by atoms with van der Waals surface area (Å²) in [6, 6.07) is 18.6. The van der Waals surface area contributed by atoms with Crippen LogP contribution in [0.4, 0.5) is 9.59 Å². The van der Waals surface area contributed by atoms with Crippen LogP contribution >= 0.6 is 66.8 Å². The van der Waals surface area contributed by atoms with Crippen LogP contribution in [-0.4, -0.2) is 226 Å². The molecule has 2 aromatic carbocycles. The molecule has 0 saturated heterocycles. The van der Waals surface area contributed by atoms with E-state index >= 15 is 0 Å². The minimum atomic E-state index is -4.06. The Kier molecular flexibility index (Phi) is 71.9. The second kappa shape index (κ2) is 71.7. The van der Waals surface area contributed by atoms with Gasteiger partial charge in [0.1, 0.15) is 57.1 Å². The molecule has 0 spiro atoms. The maximum atomic E-state index is 12.7. The van der Waals surface area contributed by atoms with Gasteiger partial charge in [-0.15, -0.1) is 0 Å². The average molecular weight is 2290 g/mol. The highest BCUT2D eigenvalue weighted by atomic mass is 31.2. The summed E-state index contributed by atoms with van der Waals surface area (Å²) in [6.07, 6.45) is 22.4. The zero-order valence-electron chi connectivity index (χ0n) is 97.0. The molecular formula is C104H205O35P9. The second-order valence-corrected chi connectivity index (χ2v) is 66.7. The predicted molar refractivity (Wildman–Crippen MR) is 595 cm³/mol. The lowest BCUT2D eigenvalue weighted by molar-refractivity contribution is -0.141. The van der Waals surface area contributed by atoms with E-state index in [0.717, 1.165) is 36.8 Å². The van der Waals surface area contributed by atoms with Crippen LogP contribution in [0.5, 0.6) is 0 Å². The summed E-state index contributed by atoms with van der Waals surface area (Å²) in [4.78, 5) is 80.4. The molecule has 5 saturated carbocycles. The Morgan fingerprint density at radius 3 is 0.831 bits per heavy atom. The molecule has 0 heterocycles. The van der Waals surface area contributed by atoms with Crippen LogP contribution in [0.15, 0.2) is 60.7 Å².